The molecule has 0 heterocycles. The highest BCUT2D eigenvalue weighted by atomic mass is 16.3. The first-order chi connectivity index (χ1) is 4.83. The molecule has 0 radical (unpaired) electrons. The number of rotatable bonds is 0. The highest BCUT2D eigenvalue weighted by Crippen LogP contribution is 2.36. The van der Waals surface area contributed by atoms with E-state index in [9.17, 15) is 10.2 Å². The van der Waals surface area contributed by atoms with Gasteiger partial charge in [-0.1, -0.05) is 26.0 Å². The Balaban J connectivity index is 2.85. The number of aliphatic hydroxyl groups excluding tert-OH is 1. The molecule has 0 bridgehead atoms. The second-order valence-electron chi connectivity index (χ2n) is 4.33. The van der Waals surface area contributed by atoms with E-state index in [1.165, 1.54) is 0 Å². The third-order valence-corrected chi connectivity index (χ3v) is 2.25. The number of hydrogen-bond acceptors (Lipinski definition) is 2. The highest BCUT2D eigenvalue weighted by Gasteiger charge is 2.37. The van der Waals surface area contributed by atoms with Crippen molar-refractivity contribution in [2.75, 3.05) is 0 Å². The minimum atomic E-state index is -0.747. The molecule has 64 valence electrons. The van der Waals surface area contributed by atoms with Crippen LogP contribution in [0.2, 0.25) is 0 Å². The first-order valence-electron chi connectivity index (χ1n) is 3.93. The normalized spacial score (nSPS) is 42.5. The number of hydrogen-bond donors (Lipinski definition) is 2. The van der Waals surface area contributed by atoms with Crippen LogP contribution in [0.25, 0.3) is 0 Å². The van der Waals surface area contributed by atoms with Crippen LogP contribution in [0.15, 0.2) is 12.2 Å². The van der Waals surface area contributed by atoms with Gasteiger partial charge >= 0.3 is 0 Å². The second kappa shape index (κ2) is 2.32. The summed E-state index contributed by atoms with van der Waals surface area (Å²) in [6, 6.07) is 0. The average Bonchev–Trinajstić information content (AvgIpc) is 1.77. The van der Waals surface area contributed by atoms with Crippen molar-refractivity contribution in [1.29, 1.82) is 0 Å². The van der Waals surface area contributed by atoms with Crippen molar-refractivity contribution in [3.05, 3.63) is 12.2 Å². The molecule has 0 fully saturated rings. The van der Waals surface area contributed by atoms with Crippen LogP contribution < -0.4 is 0 Å². The van der Waals surface area contributed by atoms with Crippen molar-refractivity contribution in [3.8, 4) is 0 Å². The van der Waals surface area contributed by atoms with Crippen molar-refractivity contribution in [1.82, 2.24) is 0 Å². The standard InChI is InChI=1S/C9H16O2/c1-8(2)6-9(3,11)5-4-7(8)10/h4-5,7,10-11H,6H2,1-3H3. The van der Waals surface area contributed by atoms with Crippen molar-refractivity contribution in [2.45, 2.75) is 38.9 Å². The Morgan fingerprint density at radius 2 is 1.91 bits per heavy atom. The van der Waals surface area contributed by atoms with E-state index in [-0.39, 0.29) is 5.41 Å². The molecule has 0 aromatic carbocycles. The largest absolute Gasteiger partial charge is 0.388 e. The van der Waals surface area contributed by atoms with Crippen LogP contribution in [-0.2, 0) is 0 Å². The summed E-state index contributed by atoms with van der Waals surface area (Å²) >= 11 is 0. The fraction of sp³-hybridized carbons (Fsp3) is 0.778. The summed E-state index contributed by atoms with van der Waals surface area (Å²) in [6.45, 7) is 5.67. The van der Waals surface area contributed by atoms with E-state index in [4.69, 9.17) is 0 Å². The topological polar surface area (TPSA) is 40.5 Å². The molecule has 0 aromatic rings. The van der Waals surface area contributed by atoms with Gasteiger partial charge in [-0.05, 0) is 18.8 Å². The molecule has 0 aromatic heterocycles. The highest BCUT2D eigenvalue weighted by molar-refractivity contribution is 5.11. The van der Waals surface area contributed by atoms with E-state index in [0.29, 0.717) is 6.42 Å². The van der Waals surface area contributed by atoms with Crippen molar-refractivity contribution < 1.29 is 10.2 Å². The van der Waals surface area contributed by atoms with E-state index in [1.807, 2.05) is 13.8 Å². The summed E-state index contributed by atoms with van der Waals surface area (Å²) < 4.78 is 0. The molecule has 2 unspecified atom stereocenters. The minimum absolute atomic E-state index is 0.210. The molecule has 1 rings (SSSR count). The van der Waals surface area contributed by atoms with Crippen LogP contribution in [0, 0.1) is 5.41 Å². The molecule has 0 spiro atoms. The van der Waals surface area contributed by atoms with E-state index in [1.54, 1.807) is 19.1 Å². The molecule has 0 saturated carbocycles. The molecule has 2 nitrogen and oxygen atoms in total. The molecular weight excluding hydrogens is 140 g/mol. The molecule has 0 amide bonds. The first kappa shape index (κ1) is 8.75. The maximum absolute atomic E-state index is 9.63. The Bertz CT molecular complexity index is 180. The van der Waals surface area contributed by atoms with Gasteiger partial charge in [-0.25, -0.2) is 0 Å². The first-order valence-corrected chi connectivity index (χ1v) is 3.93. The zero-order valence-corrected chi connectivity index (χ0v) is 7.33. The summed E-state index contributed by atoms with van der Waals surface area (Å²) in [5.41, 5.74) is -0.957. The van der Waals surface area contributed by atoms with Gasteiger partial charge in [-0.3, -0.25) is 0 Å². The molecular formula is C9H16O2. The molecule has 2 N–H and O–H groups in total. The lowest BCUT2D eigenvalue weighted by Gasteiger charge is -2.38. The fourth-order valence-electron chi connectivity index (χ4n) is 1.64. The van der Waals surface area contributed by atoms with Crippen molar-refractivity contribution >= 4 is 0 Å². The molecule has 1 aliphatic carbocycles. The zero-order chi connectivity index (χ0) is 8.70. The summed E-state index contributed by atoms with van der Waals surface area (Å²) in [6.07, 6.45) is 3.52. The zero-order valence-electron chi connectivity index (χ0n) is 7.33. The summed E-state index contributed by atoms with van der Waals surface area (Å²) in [4.78, 5) is 0. The van der Waals surface area contributed by atoms with Crippen LogP contribution in [0.3, 0.4) is 0 Å². The van der Waals surface area contributed by atoms with Gasteiger partial charge in [0.25, 0.3) is 0 Å². The summed E-state index contributed by atoms with van der Waals surface area (Å²) in [5, 5.41) is 19.1. The third-order valence-electron chi connectivity index (χ3n) is 2.25. The molecule has 0 saturated heterocycles. The SMILES string of the molecule is CC1(O)C=CC(O)C(C)(C)C1. The Kier molecular flexibility index (Phi) is 1.85. The Hall–Kier alpha value is -0.340. The van der Waals surface area contributed by atoms with Crippen LogP contribution in [0.5, 0.6) is 0 Å². The lowest BCUT2D eigenvalue weighted by atomic mass is 9.73. The predicted molar refractivity (Wildman–Crippen MR) is 44.2 cm³/mol. The predicted octanol–water partition coefficient (Wildman–Crippen LogP) is 1.08. The van der Waals surface area contributed by atoms with E-state index in [0.717, 1.165) is 0 Å². The second-order valence-corrected chi connectivity index (χ2v) is 4.33. The van der Waals surface area contributed by atoms with Crippen LogP contribution in [0.4, 0.5) is 0 Å². The van der Waals surface area contributed by atoms with Crippen LogP contribution in [0.1, 0.15) is 27.2 Å². The molecule has 1 aliphatic rings. The van der Waals surface area contributed by atoms with Crippen molar-refractivity contribution in [3.63, 3.8) is 0 Å². The summed E-state index contributed by atoms with van der Waals surface area (Å²) in [7, 11) is 0. The van der Waals surface area contributed by atoms with E-state index >= 15 is 0 Å². The van der Waals surface area contributed by atoms with Gasteiger partial charge in [-0.15, -0.1) is 0 Å². The lowest BCUT2D eigenvalue weighted by Crippen LogP contribution is -2.40. The quantitative estimate of drug-likeness (QED) is 0.515. The molecule has 2 heteroatoms. The molecule has 11 heavy (non-hydrogen) atoms. The van der Waals surface area contributed by atoms with Gasteiger partial charge in [-0.2, -0.15) is 0 Å². The van der Waals surface area contributed by atoms with Gasteiger partial charge < -0.3 is 10.2 Å². The fourth-order valence-corrected chi connectivity index (χ4v) is 1.64. The average molecular weight is 156 g/mol. The van der Waals surface area contributed by atoms with Crippen molar-refractivity contribution in [2.24, 2.45) is 5.41 Å². The Labute approximate surface area is 67.6 Å². The van der Waals surface area contributed by atoms with Crippen LogP contribution >= 0.6 is 0 Å². The minimum Gasteiger partial charge on any atom is -0.388 e. The van der Waals surface area contributed by atoms with Gasteiger partial charge in [0, 0.05) is 0 Å². The Morgan fingerprint density at radius 3 is 2.27 bits per heavy atom. The third kappa shape index (κ3) is 1.82. The Morgan fingerprint density at radius 1 is 1.36 bits per heavy atom. The van der Waals surface area contributed by atoms with Crippen LogP contribution in [-0.4, -0.2) is 21.9 Å². The van der Waals surface area contributed by atoms with Gasteiger partial charge in [0.15, 0.2) is 0 Å². The van der Waals surface area contributed by atoms with E-state index in [2.05, 4.69) is 0 Å². The lowest BCUT2D eigenvalue weighted by molar-refractivity contribution is -0.00846. The maximum Gasteiger partial charge on any atom is 0.0806 e. The smallest absolute Gasteiger partial charge is 0.0806 e. The van der Waals surface area contributed by atoms with Gasteiger partial charge in [0.1, 0.15) is 0 Å². The molecule has 2 atom stereocenters. The van der Waals surface area contributed by atoms with Gasteiger partial charge in [0.2, 0.25) is 0 Å². The molecule has 0 aliphatic heterocycles. The number of aliphatic hydroxyl groups is 2. The van der Waals surface area contributed by atoms with Gasteiger partial charge in [0.05, 0.1) is 11.7 Å². The van der Waals surface area contributed by atoms with E-state index < -0.39 is 11.7 Å². The monoisotopic (exact) mass is 156 g/mol. The summed E-state index contributed by atoms with van der Waals surface area (Å²) in [5.74, 6) is 0. The maximum atomic E-state index is 9.63.